The second-order valence-corrected chi connectivity index (χ2v) is 20.1. The van der Waals surface area contributed by atoms with Crippen LogP contribution in [0.5, 0.6) is 0 Å². The summed E-state index contributed by atoms with van der Waals surface area (Å²) < 4.78 is 33.6. The predicted octanol–water partition coefficient (Wildman–Crippen LogP) is 11.7. The fourth-order valence-corrected chi connectivity index (χ4v) is 9.15. The normalized spacial score (nSPS) is 21.4. The van der Waals surface area contributed by atoms with Crippen LogP contribution in [0.1, 0.15) is 232 Å². The van der Waals surface area contributed by atoms with E-state index in [2.05, 4.69) is 50.3 Å². The SMILES string of the molecule is CCCCC/C=C/C/C=C/C/C=C/CCCCC(=O)O[C@@H](COC(=O)CCCCCCCCCCCCCCCCCCCCCCCCC)COP(=O)(O)OC1C(O)C(O)C(O)[C@H](O)C1O. The molecule has 13 nitrogen and oxygen atoms in total. The Balaban J connectivity index is 2.35. The lowest BCUT2D eigenvalue weighted by atomic mass is 9.85. The van der Waals surface area contributed by atoms with Gasteiger partial charge in [-0.2, -0.15) is 0 Å². The number of esters is 2. The van der Waals surface area contributed by atoms with Gasteiger partial charge >= 0.3 is 19.8 Å². The molecule has 0 aliphatic heterocycles. The van der Waals surface area contributed by atoms with Crippen molar-refractivity contribution in [3.05, 3.63) is 36.5 Å². The number of aliphatic hydroxyl groups is 5. The Labute approximate surface area is 406 Å². The van der Waals surface area contributed by atoms with Crippen LogP contribution in [0.25, 0.3) is 0 Å². The summed E-state index contributed by atoms with van der Waals surface area (Å²) in [6, 6.07) is 0. The Morgan fingerprint density at radius 1 is 0.463 bits per heavy atom. The number of phosphoric ester groups is 1. The first-order chi connectivity index (χ1) is 32.4. The smallest absolute Gasteiger partial charge is 0.462 e. The molecule has 8 atom stereocenters. The summed E-state index contributed by atoms with van der Waals surface area (Å²) in [6.07, 6.45) is 37.8. The van der Waals surface area contributed by atoms with E-state index in [9.17, 15) is 44.6 Å². The van der Waals surface area contributed by atoms with Crippen LogP contribution in [0.3, 0.4) is 0 Å². The summed E-state index contributed by atoms with van der Waals surface area (Å²) >= 11 is 0. The largest absolute Gasteiger partial charge is 0.472 e. The van der Waals surface area contributed by atoms with Gasteiger partial charge in [-0.15, -0.1) is 0 Å². The van der Waals surface area contributed by atoms with E-state index in [4.69, 9.17) is 18.5 Å². The van der Waals surface area contributed by atoms with Gasteiger partial charge in [0, 0.05) is 12.8 Å². The zero-order valence-electron chi connectivity index (χ0n) is 41.9. The highest BCUT2D eigenvalue weighted by Gasteiger charge is 2.51. The molecular weight excluding hydrogens is 876 g/mol. The third kappa shape index (κ3) is 34.9. The van der Waals surface area contributed by atoms with E-state index in [0.29, 0.717) is 12.8 Å². The molecule has 6 N–H and O–H groups in total. The van der Waals surface area contributed by atoms with Gasteiger partial charge in [-0.3, -0.25) is 18.6 Å². The van der Waals surface area contributed by atoms with Gasteiger partial charge in [0.2, 0.25) is 0 Å². The zero-order chi connectivity index (χ0) is 49.2. The average Bonchev–Trinajstić information content (AvgIpc) is 3.31. The Morgan fingerprint density at radius 3 is 1.25 bits per heavy atom. The Hall–Kier alpha value is -1.93. The molecule has 67 heavy (non-hydrogen) atoms. The number of hydrogen-bond donors (Lipinski definition) is 6. The van der Waals surface area contributed by atoms with Crippen molar-refractivity contribution < 1.29 is 63.1 Å². The Kier molecular flexibility index (Phi) is 40.4. The summed E-state index contributed by atoms with van der Waals surface area (Å²) in [5, 5.41) is 50.3. The third-order valence-corrected chi connectivity index (χ3v) is 13.5. The molecule has 0 saturated heterocycles. The Bertz CT molecular complexity index is 1310. The average molecular weight is 973 g/mol. The van der Waals surface area contributed by atoms with Crippen LogP contribution in [-0.2, 0) is 32.7 Å². The molecule has 0 spiro atoms. The number of phosphoric acid groups is 1. The molecule has 1 rings (SSSR count). The lowest BCUT2D eigenvalue weighted by Crippen LogP contribution is -2.64. The molecule has 0 heterocycles. The Morgan fingerprint density at radius 2 is 0.806 bits per heavy atom. The summed E-state index contributed by atoms with van der Waals surface area (Å²) in [7, 11) is -5.13. The fourth-order valence-electron chi connectivity index (χ4n) is 8.18. The predicted molar refractivity (Wildman–Crippen MR) is 267 cm³/mol. The van der Waals surface area contributed by atoms with Gasteiger partial charge in [-0.25, -0.2) is 4.57 Å². The van der Waals surface area contributed by atoms with E-state index in [1.54, 1.807) is 0 Å². The maximum Gasteiger partial charge on any atom is 0.472 e. The molecule has 0 aromatic heterocycles. The van der Waals surface area contributed by atoms with Crippen LogP contribution < -0.4 is 0 Å². The van der Waals surface area contributed by atoms with E-state index in [1.165, 1.54) is 141 Å². The van der Waals surface area contributed by atoms with Crippen molar-refractivity contribution in [3.63, 3.8) is 0 Å². The molecule has 392 valence electrons. The summed E-state index contributed by atoms with van der Waals surface area (Å²) in [5.41, 5.74) is 0. The van der Waals surface area contributed by atoms with E-state index in [1.807, 2.05) is 0 Å². The van der Waals surface area contributed by atoms with E-state index in [-0.39, 0.29) is 12.8 Å². The van der Waals surface area contributed by atoms with Crippen LogP contribution in [0.4, 0.5) is 0 Å². The second kappa shape index (κ2) is 42.9. The summed E-state index contributed by atoms with van der Waals surface area (Å²) in [6.45, 7) is 3.27. The van der Waals surface area contributed by atoms with Crippen LogP contribution in [0.15, 0.2) is 36.5 Å². The van der Waals surface area contributed by atoms with Gasteiger partial charge in [0.15, 0.2) is 6.10 Å². The van der Waals surface area contributed by atoms with E-state index >= 15 is 0 Å². The molecule has 0 bridgehead atoms. The summed E-state index contributed by atoms with van der Waals surface area (Å²) in [4.78, 5) is 35.8. The molecule has 1 saturated carbocycles. The number of hydrogen-bond acceptors (Lipinski definition) is 12. The lowest BCUT2D eigenvalue weighted by Gasteiger charge is -2.41. The molecule has 0 aromatic rings. The van der Waals surface area contributed by atoms with Crippen molar-refractivity contribution >= 4 is 19.8 Å². The number of carbonyl (C=O) groups excluding carboxylic acids is 2. The number of unbranched alkanes of at least 4 members (excludes halogenated alkanes) is 27. The van der Waals surface area contributed by atoms with E-state index < -0.39 is 75.7 Å². The minimum atomic E-state index is -5.13. The monoisotopic (exact) mass is 973 g/mol. The molecule has 0 radical (unpaired) electrons. The molecule has 1 fully saturated rings. The summed E-state index contributed by atoms with van der Waals surface area (Å²) in [5.74, 6) is -1.13. The molecular formula is C53H97O13P. The molecule has 0 amide bonds. The molecule has 1 aliphatic rings. The quantitative estimate of drug-likeness (QED) is 0.0145. The first kappa shape index (κ1) is 63.1. The molecule has 14 heteroatoms. The maximum absolute atomic E-state index is 12.8. The first-order valence-electron chi connectivity index (χ1n) is 26.8. The molecule has 0 aromatic carbocycles. The van der Waals surface area contributed by atoms with Gasteiger partial charge in [-0.1, -0.05) is 204 Å². The number of allylic oxidation sites excluding steroid dienone is 6. The minimum absolute atomic E-state index is 0.0497. The standard InChI is InChI=1S/C53H97O13P/c1-3-5-7-9-11-13-15-17-19-20-21-22-23-24-25-26-28-29-31-33-35-37-39-41-46(54)63-43-45(44-64-67(61,62)66-53-51(59)49(57)48(56)50(58)52(53)60)65-47(55)42-40-38-36-34-32-30-27-18-16-14-12-10-8-6-4-2/h12,14,18,27,32,34,45,48-53,56-60H,3-11,13,15-17,19-26,28-31,33,35-44H2,1-2H3,(H,61,62)/b14-12+,27-18+,34-32+/t45-,48?,49-,50?,51?,52?,53?/m0/s1. The van der Waals surface area contributed by atoms with Crippen LogP contribution in [0.2, 0.25) is 0 Å². The number of carbonyl (C=O) groups is 2. The van der Waals surface area contributed by atoms with Crippen molar-refractivity contribution in [2.24, 2.45) is 0 Å². The second-order valence-electron chi connectivity index (χ2n) is 18.7. The number of aliphatic hydroxyl groups excluding tert-OH is 5. The van der Waals surface area contributed by atoms with Crippen LogP contribution >= 0.6 is 7.82 Å². The number of rotatable bonds is 45. The highest BCUT2D eigenvalue weighted by molar-refractivity contribution is 7.47. The molecule has 1 aliphatic carbocycles. The number of ether oxygens (including phenoxy) is 2. The van der Waals surface area contributed by atoms with Crippen molar-refractivity contribution in [2.75, 3.05) is 13.2 Å². The highest BCUT2D eigenvalue weighted by atomic mass is 31.2. The third-order valence-electron chi connectivity index (χ3n) is 12.5. The van der Waals surface area contributed by atoms with Crippen molar-refractivity contribution in [2.45, 2.75) is 275 Å². The van der Waals surface area contributed by atoms with Gasteiger partial charge < -0.3 is 39.9 Å². The van der Waals surface area contributed by atoms with Crippen molar-refractivity contribution in [3.8, 4) is 0 Å². The molecule has 6 unspecified atom stereocenters. The first-order valence-corrected chi connectivity index (χ1v) is 28.3. The zero-order valence-corrected chi connectivity index (χ0v) is 42.8. The topological polar surface area (TPSA) is 210 Å². The van der Waals surface area contributed by atoms with Gasteiger partial charge in [0.25, 0.3) is 0 Å². The van der Waals surface area contributed by atoms with Crippen LogP contribution in [-0.4, -0.2) is 98.3 Å². The highest BCUT2D eigenvalue weighted by Crippen LogP contribution is 2.47. The van der Waals surface area contributed by atoms with Gasteiger partial charge in [0.1, 0.15) is 43.2 Å². The fraction of sp³-hybridized carbons (Fsp3) is 0.849. The minimum Gasteiger partial charge on any atom is -0.462 e. The van der Waals surface area contributed by atoms with Gasteiger partial charge in [-0.05, 0) is 51.4 Å². The van der Waals surface area contributed by atoms with E-state index in [0.717, 1.165) is 51.4 Å². The van der Waals surface area contributed by atoms with Crippen molar-refractivity contribution in [1.29, 1.82) is 0 Å². The lowest BCUT2D eigenvalue weighted by molar-refractivity contribution is -0.220. The van der Waals surface area contributed by atoms with Gasteiger partial charge in [0.05, 0.1) is 6.61 Å². The van der Waals surface area contributed by atoms with Crippen LogP contribution in [0, 0.1) is 0 Å². The van der Waals surface area contributed by atoms with Crippen molar-refractivity contribution in [1.82, 2.24) is 0 Å². The maximum atomic E-state index is 12.8.